The summed E-state index contributed by atoms with van der Waals surface area (Å²) in [6, 6.07) is 12.7. The highest BCUT2D eigenvalue weighted by atomic mass is 35.5. The van der Waals surface area contributed by atoms with Crippen LogP contribution in [0.25, 0.3) is 0 Å². The van der Waals surface area contributed by atoms with E-state index in [0.717, 1.165) is 38.4 Å². The van der Waals surface area contributed by atoms with Crippen LogP contribution in [0.15, 0.2) is 47.5 Å². The van der Waals surface area contributed by atoms with Gasteiger partial charge in [-0.1, -0.05) is 41.4 Å². The molecule has 1 atom stereocenters. The van der Waals surface area contributed by atoms with Gasteiger partial charge in [-0.2, -0.15) is 0 Å². The lowest BCUT2D eigenvalue weighted by molar-refractivity contribution is -0.119. The zero-order valence-corrected chi connectivity index (χ0v) is 20.5. The third-order valence-electron chi connectivity index (χ3n) is 5.61. The van der Waals surface area contributed by atoms with Crippen LogP contribution in [0, 0.1) is 0 Å². The fraction of sp³-hybridized carbons (Fsp3) is 0.348. The van der Waals surface area contributed by atoms with E-state index < -0.39 is 6.17 Å². The highest BCUT2D eigenvalue weighted by molar-refractivity contribution is 7.80. The van der Waals surface area contributed by atoms with Crippen LogP contribution in [-0.4, -0.2) is 74.2 Å². The van der Waals surface area contributed by atoms with Crippen molar-refractivity contribution in [2.45, 2.75) is 6.17 Å². The van der Waals surface area contributed by atoms with Gasteiger partial charge >= 0.3 is 0 Å². The van der Waals surface area contributed by atoms with Crippen LogP contribution in [0.3, 0.4) is 0 Å². The van der Waals surface area contributed by atoms with Crippen molar-refractivity contribution in [1.82, 2.24) is 15.5 Å². The van der Waals surface area contributed by atoms with Gasteiger partial charge < -0.3 is 20.3 Å². The maximum absolute atomic E-state index is 13.3. The summed E-state index contributed by atoms with van der Waals surface area (Å²) < 4.78 is 5.38. The number of carbonyl (C=O) groups is 1. The highest BCUT2D eigenvalue weighted by Crippen LogP contribution is 2.31. The molecule has 1 saturated heterocycles. The molecule has 1 fully saturated rings. The fourth-order valence-electron chi connectivity index (χ4n) is 3.84. The van der Waals surface area contributed by atoms with Gasteiger partial charge in [-0.05, 0) is 36.5 Å². The molecule has 7 nitrogen and oxygen atoms in total. The molecule has 2 N–H and O–H groups in total. The van der Waals surface area contributed by atoms with Gasteiger partial charge in [0.2, 0.25) is 6.17 Å². The van der Waals surface area contributed by atoms with Crippen molar-refractivity contribution in [3.05, 3.63) is 63.6 Å². The topological polar surface area (TPSA) is 69.2 Å². The monoisotopic (exact) mass is 505 g/mol. The number of benzodiazepines with no additional fused rings is 1. The number of morpholine rings is 1. The number of aliphatic imine (C=N–C) groups is 1. The molecule has 1 amide bonds. The van der Waals surface area contributed by atoms with Crippen LogP contribution < -0.4 is 15.5 Å². The third kappa shape index (κ3) is 5.65. The Labute approximate surface area is 208 Å². The summed E-state index contributed by atoms with van der Waals surface area (Å²) in [4.78, 5) is 21.9. The summed E-state index contributed by atoms with van der Waals surface area (Å²) in [7, 11) is 1.71. The predicted octanol–water partition coefficient (Wildman–Crippen LogP) is 2.93. The molecular weight excluding hydrogens is 481 g/mol. The van der Waals surface area contributed by atoms with E-state index in [2.05, 4.69) is 15.5 Å². The highest BCUT2D eigenvalue weighted by Gasteiger charge is 2.31. The Kier molecular flexibility index (Phi) is 7.82. The first-order chi connectivity index (χ1) is 15.9. The van der Waals surface area contributed by atoms with Gasteiger partial charge in [-0.25, -0.2) is 4.99 Å². The van der Waals surface area contributed by atoms with Crippen LogP contribution in [0.2, 0.25) is 10.0 Å². The normalized spacial score (nSPS) is 18.9. The van der Waals surface area contributed by atoms with Crippen molar-refractivity contribution < 1.29 is 9.53 Å². The van der Waals surface area contributed by atoms with Crippen LogP contribution in [0.1, 0.15) is 11.1 Å². The van der Waals surface area contributed by atoms with Gasteiger partial charge in [-0.15, -0.1) is 0 Å². The van der Waals surface area contributed by atoms with E-state index >= 15 is 0 Å². The molecule has 0 aliphatic carbocycles. The number of thiocarbonyl (C=S) groups is 1. The Balaban J connectivity index is 1.58. The summed E-state index contributed by atoms with van der Waals surface area (Å²) in [6.07, 6.45) is -0.921. The van der Waals surface area contributed by atoms with E-state index in [9.17, 15) is 4.79 Å². The van der Waals surface area contributed by atoms with Gasteiger partial charge in [0, 0.05) is 54.4 Å². The summed E-state index contributed by atoms with van der Waals surface area (Å²) in [5.74, 6) is -0.238. The molecule has 2 heterocycles. The Hall–Kier alpha value is -2.23. The number of fused-ring (bicyclic) bond motifs is 1. The number of benzene rings is 2. The molecule has 10 heteroatoms. The number of nitrogens with zero attached hydrogens (tertiary/aromatic N) is 3. The number of ether oxygens (including phenoxy) is 1. The molecule has 0 radical (unpaired) electrons. The lowest BCUT2D eigenvalue weighted by atomic mass is 10.00. The summed E-state index contributed by atoms with van der Waals surface area (Å²) in [5.41, 5.74) is 2.70. The zero-order valence-electron chi connectivity index (χ0n) is 18.2. The molecule has 2 aliphatic rings. The van der Waals surface area contributed by atoms with E-state index in [-0.39, 0.29) is 5.91 Å². The van der Waals surface area contributed by atoms with Crippen molar-refractivity contribution in [3.63, 3.8) is 0 Å². The van der Waals surface area contributed by atoms with Crippen molar-refractivity contribution in [2.24, 2.45) is 4.99 Å². The first-order valence-corrected chi connectivity index (χ1v) is 11.8. The van der Waals surface area contributed by atoms with Gasteiger partial charge in [0.15, 0.2) is 5.11 Å². The Morgan fingerprint density at radius 3 is 2.70 bits per heavy atom. The number of amides is 1. The number of nitrogens with one attached hydrogen (secondary N) is 2. The smallest absolute Gasteiger partial charge is 0.272 e. The number of hydrogen-bond acceptors (Lipinski definition) is 5. The number of halogens is 2. The Morgan fingerprint density at radius 2 is 1.94 bits per heavy atom. The molecule has 0 bridgehead atoms. The van der Waals surface area contributed by atoms with Crippen molar-refractivity contribution in [1.29, 1.82) is 0 Å². The molecule has 2 aromatic carbocycles. The lowest BCUT2D eigenvalue weighted by Gasteiger charge is -2.27. The quantitative estimate of drug-likeness (QED) is 0.608. The predicted molar refractivity (Wildman–Crippen MR) is 137 cm³/mol. The van der Waals surface area contributed by atoms with Crippen molar-refractivity contribution >= 4 is 57.8 Å². The second kappa shape index (κ2) is 10.8. The average molecular weight is 506 g/mol. The third-order valence-corrected chi connectivity index (χ3v) is 6.44. The maximum Gasteiger partial charge on any atom is 0.272 e. The molecule has 0 saturated carbocycles. The van der Waals surface area contributed by atoms with Crippen LogP contribution in [0.5, 0.6) is 0 Å². The van der Waals surface area contributed by atoms with E-state index in [0.29, 0.717) is 38.7 Å². The number of rotatable bonds is 5. The number of carbonyl (C=O) groups excluding carboxylic acids is 1. The Morgan fingerprint density at radius 1 is 1.18 bits per heavy atom. The summed E-state index contributed by atoms with van der Waals surface area (Å²) >= 11 is 18.3. The van der Waals surface area contributed by atoms with E-state index in [4.69, 9.17) is 45.1 Å². The minimum Gasteiger partial charge on any atom is -0.379 e. The first kappa shape index (κ1) is 23.9. The van der Waals surface area contributed by atoms with Crippen LogP contribution in [0.4, 0.5) is 5.69 Å². The molecule has 2 aliphatic heterocycles. The second-order valence-corrected chi connectivity index (χ2v) is 9.02. The average Bonchev–Trinajstić information content (AvgIpc) is 2.90. The summed E-state index contributed by atoms with van der Waals surface area (Å²) in [6.45, 7) is 4.78. The SMILES string of the molecule is CN1C(=O)C(NC(=S)NCCN2CCOCC2)N=C(c2ccccc2Cl)c2cc(Cl)ccc21. The Bertz CT molecular complexity index is 1070. The van der Waals surface area contributed by atoms with Crippen molar-refractivity contribution in [2.75, 3.05) is 51.3 Å². The zero-order chi connectivity index (χ0) is 23.4. The molecule has 33 heavy (non-hydrogen) atoms. The molecule has 4 rings (SSSR count). The standard InChI is InChI=1S/C23H25Cl2N5O2S/c1-29-19-7-6-15(24)14-17(19)20(16-4-2-3-5-18(16)25)27-21(22(29)31)28-23(33)26-8-9-30-10-12-32-13-11-30/h2-7,14,21H,8-13H2,1H3,(H2,26,28,33). The molecule has 174 valence electrons. The van der Waals surface area contributed by atoms with Crippen LogP contribution in [-0.2, 0) is 9.53 Å². The fourth-order valence-corrected chi connectivity index (χ4v) is 4.45. The van der Waals surface area contributed by atoms with Gasteiger partial charge in [0.25, 0.3) is 5.91 Å². The van der Waals surface area contributed by atoms with Crippen molar-refractivity contribution in [3.8, 4) is 0 Å². The largest absolute Gasteiger partial charge is 0.379 e. The lowest BCUT2D eigenvalue weighted by Crippen LogP contribution is -2.50. The molecule has 0 aromatic heterocycles. The molecular formula is C23H25Cl2N5O2S. The number of anilines is 1. The van der Waals surface area contributed by atoms with Gasteiger partial charge in [0.1, 0.15) is 0 Å². The van der Waals surface area contributed by atoms with Crippen LogP contribution >= 0.6 is 35.4 Å². The van der Waals surface area contributed by atoms with E-state index in [1.165, 1.54) is 0 Å². The van der Waals surface area contributed by atoms with E-state index in [1.807, 2.05) is 24.3 Å². The summed E-state index contributed by atoms with van der Waals surface area (Å²) in [5, 5.41) is 7.68. The molecule has 2 aromatic rings. The molecule has 1 unspecified atom stereocenters. The maximum atomic E-state index is 13.3. The van der Waals surface area contributed by atoms with Gasteiger partial charge in [-0.3, -0.25) is 9.69 Å². The minimum atomic E-state index is -0.921. The number of likely N-dealkylation sites (N-methyl/N-ethyl adjacent to an activating group) is 1. The first-order valence-electron chi connectivity index (χ1n) is 10.7. The molecule has 0 spiro atoms. The second-order valence-electron chi connectivity index (χ2n) is 7.77. The van der Waals surface area contributed by atoms with E-state index in [1.54, 1.807) is 30.1 Å². The minimum absolute atomic E-state index is 0.238. The number of hydrogen-bond donors (Lipinski definition) is 2. The van der Waals surface area contributed by atoms with Gasteiger partial charge in [0.05, 0.1) is 24.6 Å².